The van der Waals surface area contributed by atoms with Crippen molar-refractivity contribution in [2.75, 3.05) is 0 Å². The lowest BCUT2D eigenvalue weighted by molar-refractivity contribution is -0.175. The molecule has 5 nitrogen and oxygen atoms in total. The number of hydrogen-bond acceptors (Lipinski definition) is 4. The molecule has 2 atom stereocenters. The number of benzene rings is 1. The minimum atomic E-state index is -4.17. The molecule has 30 heavy (non-hydrogen) atoms. The summed E-state index contributed by atoms with van der Waals surface area (Å²) < 4.78 is 38.8. The van der Waals surface area contributed by atoms with Crippen molar-refractivity contribution in [3.8, 4) is 0 Å². The van der Waals surface area contributed by atoms with Gasteiger partial charge in [-0.1, -0.05) is 24.3 Å². The Morgan fingerprint density at radius 2 is 2.17 bits per heavy atom. The van der Waals surface area contributed by atoms with Gasteiger partial charge in [-0.3, -0.25) is 9.78 Å². The van der Waals surface area contributed by atoms with Gasteiger partial charge < -0.3 is 16.5 Å². The van der Waals surface area contributed by atoms with Gasteiger partial charge in [0.15, 0.2) is 0 Å². The lowest BCUT2D eigenvalue weighted by Crippen LogP contribution is -2.36. The van der Waals surface area contributed by atoms with Gasteiger partial charge in [-0.25, -0.2) is 0 Å². The van der Waals surface area contributed by atoms with Crippen LogP contribution in [0, 0.1) is 11.3 Å². The maximum Gasteiger partial charge on any atom is 0.392 e. The maximum absolute atomic E-state index is 12.9. The number of fused-ring (bicyclic) bond motifs is 1. The quantitative estimate of drug-likeness (QED) is 0.623. The van der Waals surface area contributed by atoms with E-state index in [1.165, 1.54) is 12.3 Å². The van der Waals surface area contributed by atoms with E-state index in [1.807, 2.05) is 18.2 Å². The average molecular weight is 416 g/mol. The molecule has 0 spiro atoms. The van der Waals surface area contributed by atoms with Crippen LogP contribution in [0.2, 0.25) is 0 Å². The van der Waals surface area contributed by atoms with Crippen LogP contribution in [-0.4, -0.2) is 29.3 Å². The van der Waals surface area contributed by atoms with Gasteiger partial charge in [0.1, 0.15) is 0 Å². The summed E-state index contributed by atoms with van der Waals surface area (Å²) in [5.74, 6) is -1.65. The smallest absolute Gasteiger partial charge is 0.392 e. The lowest BCUT2D eigenvalue weighted by atomic mass is 9.85. The van der Waals surface area contributed by atoms with Gasteiger partial charge >= 0.3 is 6.18 Å². The van der Waals surface area contributed by atoms with Gasteiger partial charge in [-0.2, -0.15) is 13.2 Å². The predicted molar refractivity (Wildman–Crippen MR) is 111 cm³/mol. The number of pyridine rings is 1. The van der Waals surface area contributed by atoms with Crippen LogP contribution in [0.5, 0.6) is 0 Å². The molecule has 0 aliphatic heterocycles. The molecular formula is C22H23F3N4O. The van der Waals surface area contributed by atoms with E-state index in [4.69, 9.17) is 11.1 Å². The van der Waals surface area contributed by atoms with Gasteiger partial charge in [-0.05, 0) is 43.9 Å². The highest BCUT2D eigenvalue weighted by Crippen LogP contribution is 2.40. The number of nitrogens with two attached hydrogens (primary N) is 1. The molecule has 1 aliphatic carbocycles. The van der Waals surface area contributed by atoms with Crippen molar-refractivity contribution in [1.29, 1.82) is 5.41 Å². The van der Waals surface area contributed by atoms with E-state index >= 15 is 0 Å². The van der Waals surface area contributed by atoms with Gasteiger partial charge in [-0.15, -0.1) is 0 Å². The lowest BCUT2D eigenvalue weighted by Gasteiger charge is -2.24. The molecule has 0 radical (unpaired) electrons. The van der Waals surface area contributed by atoms with E-state index in [0.717, 1.165) is 22.7 Å². The molecule has 3 rings (SSSR count). The first-order chi connectivity index (χ1) is 14.2. The standard InChI is InChI=1S/C22H23F3N4O/c1-13(19(27)9-10-26)29-21(30)16-11-15-3-2-4-18(20(15)28-12-16)14-5-7-17(8-6-14)22(23,24)25/h2-5,9-13,17,26H,6-8,27H2,1H3,(H,29,30)/b19-9-,26-10?. The number of halogens is 3. The van der Waals surface area contributed by atoms with E-state index < -0.39 is 18.1 Å². The second kappa shape index (κ2) is 8.69. The van der Waals surface area contributed by atoms with E-state index in [1.54, 1.807) is 19.1 Å². The Bertz CT molecular complexity index is 1030. The first kappa shape index (κ1) is 21.5. The van der Waals surface area contributed by atoms with E-state index in [9.17, 15) is 18.0 Å². The maximum atomic E-state index is 12.9. The first-order valence-electron chi connectivity index (χ1n) is 9.62. The Morgan fingerprint density at radius 3 is 2.80 bits per heavy atom. The van der Waals surface area contributed by atoms with Crippen LogP contribution >= 0.6 is 0 Å². The fourth-order valence-electron chi connectivity index (χ4n) is 3.52. The van der Waals surface area contributed by atoms with E-state index in [2.05, 4.69) is 10.3 Å². The zero-order valence-electron chi connectivity index (χ0n) is 16.5. The Labute approximate surface area is 172 Å². The van der Waals surface area contributed by atoms with Crippen LogP contribution in [0.3, 0.4) is 0 Å². The number of para-hydroxylation sites is 1. The van der Waals surface area contributed by atoms with Crippen molar-refractivity contribution in [2.45, 2.75) is 38.4 Å². The number of alkyl halides is 3. The van der Waals surface area contributed by atoms with Crippen molar-refractivity contribution in [2.24, 2.45) is 11.7 Å². The minimum absolute atomic E-state index is 0.0295. The summed E-state index contributed by atoms with van der Waals surface area (Å²) in [7, 11) is 0. The average Bonchev–Trinajstić information content (AvgIpc) is 2.72. The molecule has 1 aromatic heterocycles. The predicted octanol–water partition coefficient (Wildman–Crippen LogP) is 4.59. The highest BCUT2D eigenvalue weighted by molar-refractivity contribution is 5.99. The summed E-state index contributed by atoms with van der Waals surface area (Å²) in [4.78, 5) is 16.9. The molecule has 2 unspecified atom stereocenters. The number of rotatable bonds is 5. The topological polar surface area (TPSA) is 91.9 Å². The molecule has 0 bridgehead atoms. The van der Waals surface area contributed by atoms with Gasteiger partial charge in [0.05, 0.1) is 23.0 Å². The van der Waals surface area contributed by atoms with Crippen LogP contribution < -0.4 is 11.1 Å². The van der Waals surface area contributed by atoms with E-state index in [0.29, 0.717) is 23.2 Å². The Hall–Kier alpha value is -3.16. The highest BCUT2D eigenvalue weighted by atomic mass is 19.4. The number of aromatic nitrogens is 1. The summed E-state index contributed by atoms with van der Waals surface area (Å²) >= 11 is 0. The summed E-state index contributed by atoms with van der Waals surface area (Å²) in [5, 5.41) is 10.5. The van der Waals surface area contributed by atoms with Crippen molar-refractivity contribution in [1.82, 2.24) is 10.3 Å². The summed E-state index contributed by atoms with van der Waals surface area (Å²) in [6, 6.07) is 6.73. The number of nitrogens with zero attached hydrogens (tertiary/aromatic N) is 1. The van der Waals surface area contributed by atoms with Crippen LogP contribution in [0.15, 0.2) is 48.3 Å². The van der Waals surface area contributed by atoms with Crippen LogP contribution in [0.25, 0.3) is 16.5 Å². The fourth-order valence-corrected chi connectivity index (χ4v) is 3.52. The second-order valence-corrected chi connectivity index (χ2v) is 7.37. The molecule has 2 aromatic rings. The monoisotopic (exact) mass is 416 g/mol. The van der Waals surface area contributed by atoms with Crippen molar-refractivity contribution >= 4 is 28.6 Å². The molecule has 0 fully saturated rings. The van der Waals surface area contributed by atoms with E-state index in [-0.39, 0.29) is 18.7 Å². The number of carbonyl (C=O) groups is 1. The van der Waals surface area contributed by atoms with Gasteiger partial charge in [0.2, 0.25) is 0 Å². The van der Waals surface area contributed by atoms with Crippen molar-refractivity contribution in [3.05, 3.63) is 59.4 Å². The molecule has 158 valence electrons. The summed E-state index contributed by atoms with van der Waals surface area (Å²) in [6.45, 7) is 1.71. The number of hydrogen-bond donors (Lipinski definition) is 3. The third kappa shape index (κ3) is 4.69. The molecule has 8 heteroatoms. The minimum Gasteiger partial charge on any atom is -0.400 e. The van der Waals surface area contributed by atoms with Gasteiger partial charge in [0.25, 0.3) is 5.91 Å². The zero-order valence-corrected chi connectivity index (χ0v) is 16.5. The molecule has 1 amide bonds. The van der Waals surface area contributed by atoms with Crippen LogP contribution in [-0.2, 0) is 0 Å². The van der Waals surface area contributed by atoms with Gasteiger partial charge in [0, 0.05) is 29.1 Å². The zero-order chi connectivity index (χ0) is 21.9. The normalized spacial score (nSPS) is 18.6. The number of allylic oxidation sites excluding steroid dienone is 3. The van der Waals surface area contributed by atoms with Crippen molar-refractivity contribution in [3.63, 3.8) is 0 Å². The third-order valence-corrected chi connectivity index (χ3v) is 5.32. The molecule has 1 heterocycles. The van der Waals surface area contributed by atoms with Crippen molar-refractivity contribution < 1.29 is 18.0 Å². The summed E-state index contributed by atoms with van der Waals surface area (Å²) in [6.07, 6.45) is 1.75. The largest absolute Gasteiger partial charge is 0.400 e. The van der Waals surface area contributed by atoms with Crippen LogP contribution in [0.4, 0.5) is 13.2 Å². The number of carbonyl (C=O) groups excluding carboxylic acids is 1. The Morgan fingerprint density at radius 1 is 1.40 bits per heavy atom. The molecule has 1 aliphatic rings. The fraction of sp³-hybridized carbons (Fsp3) is 0.318. The molecule has 0 saturated heterocycles. The first-order valence-corrected chi connectivity index (χ1v) is 9.62. The van der Waals surface area contributed by atoms with Crippen LogP contribution in [0.1, 0.15) is 42.1 Å². The molecular weight excluding hydrogens is 393 g/mol. The number of nitrogens with one attached hydrogen (secondary N) is 2. The number of amides is 1. The Balaban J connectivity index is 1.84. The molecule has 0 saturated carbocycles. The molecule has 1 aromatic carbocycles. The third-order valence-electron chi connectivity index (χ3n) is 5.32. The molecule has 4 N–H and O–H groups in total. The SMILES string of the molecule is CC(NC(=O)c1cnc2c(C3=CCC(C(F)(F)F)CC3)cccc2c1)/C(N)=C/C=N. The Kier molecular flexibility index (Phi) is 6.24. The second-order valence-electron chi connectivity index (χ2n) is 7.37. The highest BCUT2D eigenvalue weighted by Gasteiger charge is 2.39. The summed E-state index contributed by atoms with van der Waals surface area (Å²) in [5.41, 5.74) is 8.80.